The Bertz CT molecular complexity index is 664. The van der Waals surface area contributed by atoms with Gasteiger partial charge in [-0.3, -0.25) is 5.10 Å². The molecule has 20 heavy (non-hydrogen) atoms. The number of aromatic nitrogens is 2. The van der Waals surface area contributed by atoms with Crippen molar-refractivity contribution in [2.24, 2.45) is 0 Å². The third kappa shape index (κ3) is 3.16. The van der Waals surface area contributed by atoms with E-state index >= 15 is 0 Å². The third-order valence-electron chi connectivity index (χ3n) is 2.74. The van der Waals surface area contributed by atoms with E-state index in [1.54, 1.807) is 31.4 Å². The molecule has 8 heteroatoms. The summed E-state index contributed by atoms with van der Waals surface area (Å²) >= 11 is 0. The number of nitrogens with zero attached hydrogens (tertiary/aromatic N) is 1. The van der Waals surface area contributed by atoms with E-state index < -0.39 is 16.6 Å². The predicted molar refractivity (Wildman–Crippen MR) is 71.5 cm³/mol. The lowest BCUT2D eigenvalue weighted by Crippen LogP contribution is -2.24. The van der Waals surface area contributed by atoms with Crippen LogP contribution in [0.25, 0.3) is 0 Å². The Hall–Kier alpha value is -1.90. The summed E-state index contributed by atoms with van der Waals surface area (Å²) in [6.45, 7) is -0.258. The third-order valence-corrected chi connectivity index (χ3v) is 4.16. The summed E-state index contributed by atoms with van der Waals surface area (Å²) < 4.78 is 31.6. The van der Waals surface area contributed by atoms with Crippen LogP contribution < -0.4 is 9.46 Å². The van der Waals surface area contributed by atoms with Crippen LogP contribution in [-0.4, -0.2) is 30.8 Å². The van der Waals surface area contributed by atoms with E-state index in [1.807, 2.05) is 0 Å². The molecule has 0 atom stereocenters. The van der Waals surface area contributed by atoms with Gasteiger partial charge in [0.1, 0.15) is 5.75 Å². The van der Waals surface area contributed by atoms with Crippen LogP contribution in [0.15, 0.2) is 35.5 Å². The molecule has 2 aromatic rings. The molecule has 3 N–H and O–H groups in total. The Labute approximate surface area is 116 Å². The van der Waals surface area contributed by atoms with E-state index in [0.717, 1.165) is 5.56 Å². The zero-order valence-electron chi connectivity index (χ0n) is 10.8. The number of aromatic amines is 1. The zero-order chi connectivity index (χ0) is 14.6. The average molecular weight is 297 g/mol. The molecule has 0 aliphatic heterocycles. The van der Waals surface area contributed by atoms with Crippen LogP contribution in [0.5, 0.6) is 5.75 Å². The number of aliphatic hydroxyl groups is 1. The summed E-state index contributed by atoms with van der Waals surface area (Å²) in [6, 6.07) is 7.03. The number of benzene rings is 1. The highest BCUT2D eigenvalue weighted by molar-refractivity contribution is 7.89. The molecule has 0 fully saturated rings. The van der Waals surface area contributed by atoms with Gasteiger partial charge in [-0.25, -0.2) is 13.1 Å². The molecule has 0 spiro atoms. The van der Waals surface area contributed by atoms with E-state index in [0.29, 0.717) is 5.75 Å². The molecular weight excluding hydrogens is 282 g/mol. The lowest BCUT2D eigenvalue weighted by molar-refractivity contribution is 0.278. The number of hydrogen-bond donors (Lipinski definition) is 3. The van der Waals surface area contributed by atoms with E-state index in [-0.39, 0.29) is 17.1 Å². The molecule has 2 rings (SSSR count). The minimum atomic E-state index is -3.73. The lowest BCUT2D eigenvalue weighted by Gasteiger charge is -2.07. The summed E-state index contributed by atoms with van der Waals surface area (Å²) in [6.07, 6.45) is 1.28. The van der Waals surface area contributed by atoms with Crippen LogP contribution in [0.2, 0.25) is 0 Å². The first kappa shape index (κ1) is 14.5. The fourth-order valence-electron chi connectivity index (χ4n) is 1.64. The lowest BCUT2D eigenvalue weighted by atomic mass is 10.2. The first-order chi connectivity index (χ1) is 9.56. The van der Waals surface area contributed by atoms with Gasteiger partial charge in [0.05, 0.1) is 19.9 Å². The molecule has 0 saturated heterocycles. The highest BCUT2D eigenvalue weighted by Gasteiger charge is 2.19. The minimum absolute atomic E-state index is 0.117. The Morgan fingerprint density at radius 1 is 1.35 bits per heavy atom. The van der Waals surface area contributed by atoms with Gasteiger partial charge < -0.3 is 9.84 Å². The van der Waals surface area contributed by atoms with Gasteiger partial charge in [0.25, 0.3) is 10.0 Å². The van der Waals surface area contributed by atoms with E-state index in [9.17, 15) is 8.42 Å². The first-order valence-electron chi connectivity index (χ1n) is 5.82. The summed E-state index contributed by atoms with van der Waals surface area (Å²) in [5.74, 6) is 0.702. The molecule has 0 bridgehead atoms. The number of methoxy groups -OCH3 is 1. The van der Waals surface area contributed by atoms with Crippen molar-refractivity contribution in [2.45, 2.75) is 18.2 Å². The van der Waals surface area contributed by atoms with Crippen molar-refractivity contribution in [2.75, 3.05) is 7.11 Å². The molecule has 0 saturated carbocycles. The van der Waals surface area contributed by atoms with Crippen molar-refractivity contribution in [1.82, 2.24) is 14.9 Å². The van der Waals surface area contributed by atoms with Crippen molar-refractivity contribution in [3.05, 3.63) is 41.6 Å². The number of aliphatic hydroxyl groups excluding tert-OH is 1. The minimum Gasteiger partial charge on any atom is -0.497 e. The second-order valence-corrected chi connectivity index (χ2v) is 5.76. The number of hydrogen-bond acceptors (Lipinski definition) is 5. The van der Waals surface area contributed by atoms with Crippen LogP contribution in [0.3, 0.4) is 0 Å². The van der Waals surface area contributed by atoms with Gasteiger partial charge in [0, 0.05) is 12.1 Å². The average Bonchev–Trinajstić information content (AvgIpc) is 2.95. The maximum atomic E-state index is 12.1. The normalized spacial score (nSPS) is 11.5. The van der Waals surface area contributed by atoms with Crippen molar-refractivity contribution >= 4 is 10.0 Å². The topological polar surface area (TPSA) is 104 Å². The standard InChI is InChI=1S/C12H15N3O4S/c1-19-11-4-2-9(3-5-11)6-14-20(17,18)12-10(8-16)7-13-15-12/h2-5,7,14,16H,6,8H2,1H3,(H,13,15). The SMILES string of the molecule is COc1ccc(CNS(=O)(=O)c2[nH]ncc2CO)cc1. The van der Waals surface area contributed by atoms with Crippen molar-refractivity contribution < 1.29 is 18.3 Å². The van der Waals surface area contributed by atoms with Gasteiger partial charge in [0.2, 0.25) is 0 Å². The fraction of sp³-hybridized carbons (Fsp3) is 0.250. The Morgan fingerprint density at radius 3 is 2.65 bits per heavy atom. The second kappa shape index (κ2) is 6.04. The molecule has 108 valence electrons. The van der Waals surface area contributed by atoms with Crippen LogP contribution >= 0.6 is 0 Å². The van der Waals surface area contributed by atoms with Crippen LogP contribution in [0.4, 0.5) is 0 Å². The van der Waals surface area contributed by atoms with Gasteiger partial charge in [-0.2, -0.15) is 5.10 Å². The molecule has 1 heterocycles. The summed E-state index contributed by atoms with van der Waals surface area (Å²) in [5, 5.41) is 14.9. The van der Waals surface area contributed by atoms with Gasteiger partial charge in [0.15, 0.2) is 5.03 Å². The molecule has 1 aromatic heterocycles. The van der Waals surface area contributed by atoms with Gasteiger partial charge in [-0.15, -0.1) is 0 Å². The first-order valence-corrected chi connectivity index (χ1v) is 7.31. The zero-order valence-corrected chi connectivity index (χ0v) is 11.6. The Kier molecular flexibility index (Phi) is 4.38. The number of nitrogens with one attached hydrogen (secondary N) is 2. The maximum Gasteiger partial charge on any atom is 0.258 e. The van der Waals surface area contributed by atoms with E-state index in [4.69, 9.17) is 9.84 Å². The number of sulfonamides is 1. The van der Waals surface area contributed by atoms with Gasteiger partial charge in [-0.1, -0.05) is 12.1 Å². The molecule has 7 nitrogen and oxygen atoms in total. The largest absolute Gasteiger partial charge is 0.497 e. The van der Waals surface area contributed by atoms with Crippen LogP contribution in [0.1, 0.15) is 11.1 Å². The Balaban J connectivity index is 2.09. The summed E-state index contributed by atoms with van der Waals surface area (Å²) in [4.78, 5) is 0. The molecule has 0 amide bonds. The molecule has 0 unspecified atom stereocenters. The van der Waals surface area contributed by atoms with E-state index in [2.05, 4.69) is 14.9 Å². The quantitative estimate of drug-likeness (QED) is 0.715. The van der Waals surface area contributed by atoms with Gasteiger partial charge >= 0.3 is 0 Å². The monoisotopic (exact) mass is 297 g/mol. The van der Waals surface area contributed by atoms with Crippen LogP contribution in [-0.2, 0) is 23.2 Å². The van der Waals surface area contributed by atoms with Gasteiger partial charge in [-0.05, 0) is 17.7 Å². The number of ether oxygens (including phenoxy) is 1. The summed E-state index contributed by atoms with van der Waals surface area (Å²) in [7, 11) is -2.17. The smallest absolute Gasteiger partial charge is 0.258 e. The van der Waals surface area contributed by atoms with Crippen molar-refractivity contribution in [3.8, 4) is 5.75 Å². The number of H-pyrrole nitrogens is 1. The predicted octanol–water partition coefficient (Wildman–Crippen LogP) is 0.389. The summed E-state index contributed by atoms with van der Waals surface area (Å²) in [5.41, 5.74) is 1.02. The van der Waals surface area contributed by atoms with Crippen molar-refractivity contribution in [1.29, 1.82) is 0 Å². The number of rotatable bonds is 6. The highest BCUT2D eigenvalue weighted by atomic mass is 32.2. The fourth-order valence-corrected chi connectivity index (χ4v) is 2.77. The molecule has 0 radical (unpaired) electrons. The van der Waals surface area contributed by atoms with Crippen molar-refractivity contribution in [3.63, 3.8) is 0 Å². The second-order valence-electron chi connectivity index (χ2n) is 4.06. The van der Waals surface area contributed by atoms with Crippen LogP contribution in [0, 0.1) is 0 Å². The Morgan fingerprint density at radius 2 is 2.05 bits per heavy atom. The molecular formula is C12H15N3O4S. The maximum absolute atomic E-state index is 12.1. The molecule has 0 aliphatic rings. The molecule has 0 aliphatic carbocycles. The van der Waals surface area contributed by atoms with E-state index in [1.165, 1.54) is 6.20 Å². The molecule has 1 aromatic carbocycles. The highest BCUT2D eigenvalue weighted by Crippen LogP contribution is 2.14.